The van der Waals surface area contributed by atoms with E-state index in [1.165, 1.54) is 4.31 Å². The van der Waals surface area contributed by atoms with E-state index in [4.69, 9.17) is 4.74 Å². The largest absolute Gasteiger partial charge is 0.377 e. The van der Waals surface area contributed by atoms with Gasteiger partial charge in [-0.15, -0.1) is 0 Å². The number of piperidine rings is 1. The number of amides is 1. The number of nitrogens with one attached hydrogen (secondary N) is 1. The van der Waals surface area contributed by atoms with Crippen molar-refractivity contribution in [2.45, 2.75) is 23.8 Å². The van der Waals surface area contributed by atoms with Crippen molar-refractivity contribution < 1.29 is 17.9 Å². The molecule has 1 aromatic rings. The molecule has 6 nitrogen and oxygen atoms in total. The van der Waals surface area contributed by atoms with Gasteiger partial charge in [0.1, 0.15) is 0 Å². The second kappa shape index (κ2) is 6.59. The second-order valence-electron chi connectivity index (χ2n) is 6.14. The van der Waals surface area contributed by atoms with Gasteiger partial charge in [0.2, 0.25) is 15.9 Å². The first-order valence-corrected chi connectivity index (χ1v) is 9.34. The van der Waals surface area contributed by atoms with E-state index < -0.39 is 10.0 Å². The van der Waals surface area contributed by atoms with Gasteiger partial charge in [0, 0.05) is 20.1 Å². The third-order valence-corrected chi connectivity index (χ3v) is 6.60. The van der Waals surface area contributed by atoms with Gasteiger partial charge >= 0.3 is 0 Å². The van der Waals surface area contributed by atoms with Gasteiger partial charge in [-0.1, -0.05) is 18.2 Å². The molecule has 23 heavy (non-hydrogen) atoms. The van der Waals surface area contributed by atoms with E-state index in [2.05, 4.69) is 5.32 Å². The summed E-state index contributed by atoms with van der Waals surface area (Å²) in [7, 11) is -1.87. The normalized spacial score (nSPS) is 28.8. The van der Waals surface area contributed by atoms with Crippen LogP contribution in [0.2, 0.25) is 0 Å². The average molecular weight is 338 g/mol. The van der Waals surface area contributed by atoms with Crippen LogP contribution in [-0.4, -0.2) is 51.5 Å². The molecule has 2 aliphatic heterocycles. The monoisotopic (exact) mass is 338 g/mol. The maximum atomic E-state index is 12.7. The minimum atomic E-state index is -3.48. The molecule has 2 saturated heterocycles. The Morgan fingerprint density at radius 2 is 2.04 bits per heavy atom. The maximum absolute atomic E-state index is 12.7. The highest BCUT2D eigenvalue weighted by Crippen LogP contribution is 2.33. The van der Waals surface area contributed by atoms with Gasteiger partial charge in [-0.25, -0.2) is 8.42 Å². The third-order valence-electron chi connectivity index (χ3n) is 4.72. The standard InChI is InChI=1S/C16H22N2O4S/c1-17-16(19)13-9-12-10-18(8-7-15(12)22-11-13)23(20,21)14-5-3-2-4-6-14/h2-6,12-13,15H,7-11H2,1H3,(H,17,19)/t12-,13-,15+/m1/s1. The number of ether oxygens (including phenoxy) is 1. The number of carbonyl (C=O) groups excluding carboxylic acids is 1. The van der Waals surface area contributed by atoms with Crippen LogP contribution in [0.5, 0.6) is 0 Å². The lowest BCUT2D eigenvalue weighted by Gasteiger charge is -2.42. The number of hydrogen-bond acceptors (Lipinski definition) is 4. The molecule has 7 heteroatoms. The van der Waals surface area contributed by atoms with Crippen LogP contribution in [0.1, 0.15) is 12.8 Å². The van der Waals surface area contributed by atoms with Gasteiger partial charge in [0.15, 0.2) is 0 Å². The van der Waals surface area contributed by atoms with Gasteiger partial charge < -0.3 is 10.1 Å². The summed E-state index contributed by atoms with van der Waals surface area (Å²) in [6.07, 6.45) is 1.40. The topological polar surface area (TPSA) is 75.7 Å². The Hall–Kier alpha value is -1.44. The molecule has 2 aliphatic rings. The molecule has 0 saturated carbocycles. The van der Waals surface area contributed by atoms with E-state index in [1.54, 1.807) is 37.4 Å². The molecule has 0 aliphatic carbocycles. The fourth-order valence-corrected chi connectivity index (χ4v) is 4.98. The van der Waals surface area contributed by atoms with E-state index in [-0.39, 0.29) is 23.8 Å². The molecule has 1 amide bonds. The zero-order valence-corrected chi connectivity index (χ0v) is 14.0. The third kappa shape index (κ3) is 3.27. The number of sulfonamides is 1. The molecule has 0 spiro atoms. The lowest BCUT2D eigenvalue weighted by molar-refractivity contribution is -0.136. The van der Waals surface area contributed by atoms with Gasteiger partial charge in [-0.3, -0.25) is 4.79 Å². The van der Waals surface area contributed by atoms with Crippen LogP contribution in [0, 0.1) is 11.8 Å². The van der Waals surface area contributed by atoms with Crippen LogP contribution < -0.4 is 5.32 Å². The van der Waals surface area contributed by atoms with Crippen molar-refractivity contribution in [3.8, 4) is 0 Å². The Morgan fingerprint density at radius 1 is 1.30 bits per heavy atom. The summed E-state index contributed by atoms with van der Waals surface area (Å²) in [5.74, 6) is -0.162. The average Bonchev–Trinajstić information content (AvgIpc) is 2.60. The smallest absolute Gasteiger partial charge is 0.243 e. The predicted molar refractivity (Wildman–Crippen MR) is 85.2 cm³/mol. The maximum Gasteiger partial charge on any atom is 0.243 e. The van der Waals surface area contributed by atoms with Crippen molar-refractivity contribution in [1.82, 2.24) is 9.62 Å². The highest BCUT2D eigenvalue weighted by atomic mass is 32.2. The molecule has 1 aromatic carbocycles. The lowest BCUT2D eigenvalue weighted by Crippen LogP contribution is -2.51. The van der Waals surface area contributed by atoms with Gasteiger partial charge in [0.05, 0.1) is 23.5 Å². The first-order valence-electron chi connectivity index (χ1n) is 7.90. The molecule has 0 unspecified atom stereocenters. The first kappa shape index (κ1) is 16.4. The SMILES string of the molecule is CNC(=O)[C@H]1CO[C@H]2CCN(S(=O)(=O)c3ccccc3)C[C@H]2C1. The lowest BCUT2D eigenvalue weighted by atomic mass is 9.84. The number of carbonyl (C=O) groups is 1. The summed E-state index contributed by atoms with van der Waals surface area (Å²) >= 11 is 0. The van der Waals surface area contributed by atoms with Crippen LogP contribution in [0.25, 0.3) is 0 Å². The Kier molecular flexibility index (Phi) is 4.70. The molecule has 2 fully saturated rings. The minimum absolute atomic E-state index is 0.0357. The highest BCUT2D eigenvalue weighted by molar-refractivity contribution is 7.89. The Labute approximate surface area is 136 Å². The summed E-state index contributed by atoms with van der Waals surface area (Å²) in [6.45, 7) is 1.30. The Balaban J connectivity index is 1.74. The van der Waals surface area contributed by atoms with Crippen molar-refractivity contribution in [1.29, 1.82) is 0 Å². The summed E-state index contributed by atoms with van der Waals surface area (Å²) in [6, 6.07) is 8.49. The molecule has 3 atom stereocenters. The van der Waals surface area contributed by atoms with Crippen LogP contribution in [0.4, 0.5) is 0 Å². The van der Waals surface area contributed by atoms with Crippen molar-refractivity contribution in [2.24, 2.45) is 11.8 Å². The van der Waals surface area contributed by atoms with Crippen LogP contribution in [0.3, 0.4) is 0 Å². The van der Waals surface area contributed by atoms with Gasteiger partial charge in [-0.05, 0) is 30.9 Å². The number of benzene rings is 1. The summed E-state index contributed by atoms with van der Waals surface area (Å²) in [4.78, 5) is 12.1. The minimum Gasteiger partial charge on any atom is -0.377 e. The van der Waals surface area contributed by atoms with E-state index in [0.717, 1.165) is 0 Å². The van der Waals surface area contributed by atoms with Crippen molar-refractivity contribution >= 4 is 15.9 Å². The predicted octanol–water partition coefficient (Wildman–Crippen LogP) is 0.848. The highest BCUT2D eigenvalue weighted by Gasteiger charge is 2.41. The van der Waals surface area contributed by atoms with Crippen LogP contribution in [-0.2, 0) is 19.6 Å². The molecule has 126 valence electrons. The molecule has 0 bridgehead atoms. The number of fused-ring (bicyclic) bond motifs is 1. The van der Waals surface area contributed by atoms with E-state index in [0.29, 0.717) is 37.4 Å². The van der Waals surface area contributed by atoms with E-state index >= 15 is 0 Å². The molecular weight excluding hydrogens is 316 g/mol. The summed E-state index contributed by atoms with van der Waals surface area (Å²) in [5, 5.41) is 2.65. The zero-order valence-electron chi connectivity index (χ0n) is 13.1. The number of rotatable bonds is 3. The quantitative estimate of drug-likeness (QED) is 0.886. The first-order chi connectivity index (χ1) is 11.0. The second-order valence-corrected chi connectivity index (χ2v) is 8.08. The summed E-state index contributed by atoms with van der Waals surface area (Å²) < 4.78 is 32.8. The number of nitrogens with zero attached hydrogens (tertiary/aromatic N) is 1. The van der Waals surface area contributed by atoms with Crippen molar-refractivity contribution in [2.75, 3.05) is 26.7 Å². The van der Waals surface area contributed by atoms with Crippen molar-refractivity contribution in [3.63, 3.8) is 0 Å². The molecule has 0 aromatic heterocycles. The van der Waals surface area contributed by atoms with Crippen LogP contribution >= 0.6 is 0 Å². The molecule has 3 rings (SSSR count). The van der Waals surface area contributed by atoms with Gasteiger partial charge in [-0.2, -0.15) is 4.31 Å². The molecular formula is C16H22N2O4S. The summed E-state index contributed by atoms with van der Waals surface area (Å²) in [5.41, 5.74) is 0. The van der Waals surface area contributed by atoms with E-state index in [1.807, 2.05) is 0 Å². The molecule has 0 radical (unpaired) electrons. The van der Waals surface area contributed by atoms with E-state index in [9.17, 15) is 13.2 Å². The Bertz CT molecular complexity index is 662. The fraction of sp³-hybridized carbons (Fsp3) is 0.562. The van der Waals surface area contributed by atoms with Gasteiger partial charge in [0.25, 0.3) is 0 Å². The number of hydrogen-bond donors (Lipinski definition) is 1. The fourth-order valence-electron chi connectivity index (χ4n) is 3.44. The zero-order chi connectivity index (χ0) is 16.4. The Morgan fingerprint density at radius 3 is 2.74 bits per heavy atom. The van der Waals surface area contributed by atoms with Crippen LogP contribution in [0.15, 0.2) is 35.2 Å². The molecule has 1 N–H and O–H groups in total. The molecule has 2 heterocycles. The van der Waals surface area contributed by atoms with Crippen molar-refractivity contribution in [3.05, 3.63) is 30.3 Å².